The third-order valence-corrected chi connectivity index (χ3v) is 3.00. The van der Waals surface area contributed by atoms with Crippen molar-refractivity contribution in [2.45, 2.75) is 26.8 Å². The summed E-state index contributed by atoms with van der Waals surface area (Å²) < 4.78 is 4.63. The van der Waals surface area contributed by atoms with Crippen molar-refractivity contribution in [2.75, 3.05) is 20.7 Å². The molecule has 0 N–H and O–H groups in total. The Morgan fingerprint density at radius 3 is 2.41 bits per heavy atom. The molecule has 3 nitrogen and oxygen atoms in total. The van der Waals surface area contributed by atoms with Crippen LogP contribution in [0.1, 0.15) is 23.1 Å². The Bertz CT molecular complexity index is 368. The van der Waals surface area contributed by atoms with Gasteiger partial charge in [-0.05, 0) is 37.6 Å². The highest BCUT2D eigenvalue weighted by Crippen LogP contribution is 2.15. The number of esters is 1. The van der Waals surface area contributed by atoms with Crippen LogP contribution in [0.15, 0.2) is 18.2 Å². The van der Waals surface area contributed by atoms with Crippen molar-refractivity contribution in [3.05, 3.63) is 34.9 Å². The summed E-state index contributed by atoms with van der Waals surface area (Å²) in [6, 6.07) is 6.32. The predicted octanol–water partition coefficient (Wildman–Crippen LogP) is 2.30. The highest BCUT2D eigenvalue weighted by molar-refractivity contribution is 5.69. The zero-order valence-electron chi connectivity index (χ0n) is 11.1. The second-order valence-corrected chi connectivity index (χ2v) is 4.43. The van der Waals surface area contributed by atoms with Gasteiger partial charge in [-0.3, -0.25) is 4.79 Å². The van der Waals surface area contributed by atoms with Crippen LogP contribution < -0.4 is 0 Å². The van der Waals surface area contributed by atoms with E-state index in [2.05, 4.69) is 41.7 Å². The molecule has 1 aromatic carbocycles. The Hall–Kier alpha value is -1.35. The first-order chi connectivity index (χ1) is 8.04. The molecule has 3 heteroatoms. The molecule has 0 spiro atoms. The molecule has 0 saturated heterocycles. The number of carbonyl (C=O) groups excluding carboxylic acids is 1. The normalized spacial score (nSPS) is 10.6. The Morgan fingerprint density at radius 2 is 1.88 bits per heavy atom. The molecule has 0 saturated carbocycles. The van der Waals surface area contributed by atoms with Crippen LogP contribution >= 0.6 is 0 Å². The van der Waals surface area contributed by atoms with Crippen molar-refractivity contribution in [1.29, 1.82) is 0 Å². The molecule has 0 atom stereocenters. The third-order valence-electron chi connectivity index (χ3n) is 3.00. The summed E-state index contributed by atoms with van der Waals surface area (Å²) in [7, 11) is 3.45. The van der Waals surface area contributed by atoms with Gasteiger partial charge in [0.15, 0.2) is 0 Å². The molecular weight excluding hydrogens is 214 g/mol. The van der Waals surface area contributed by atoms with Crippen molar-refractivity contribution in [3.8, 4) is 0 Å². The summed E-state index contributed by atoms with van der Waals surface area (Å²) >= 11 is 0. The lowest BCUT2D eigenvalue weighted by molar-refractivity contribution is -0.140. The van der Waals surface area contributed by atoms with Crippen LogP contribution in [0.5, 0.6) is 0 Å². The van der Waals surface area contributed by atoms with Crippen molar-refractivity contribution in [3.63, 3.8) is 0 Å². The topological polar surface area (TPSA) is 29.5 Å². The maximum absolute atomic E-state index is 11.1. The molecule has 0 bridgehead atoms. The Balaban J connectivity index is 2.56. The average molecular weight is 235 g/mol. The van der Waals surface area contributed by atoms with E-state index in [9.17, 15) is 4.79 Å². The molecule has 17 heavy (non-hydrogen) atoms. The van der Waals surface area contributed by atoms with Crippen molar-refractivity contribution >= 4 is 5.97 Å². The number of benzene rings is 1. The van der Waals surface area contributed by atoms with Gasteiger partial charge in [0, 0.05) is 13.1 Å². The van der Waals surface area contributed by atoms with Gasteiger partial charge in [-0.25, -0.2) is 0 Å². The summed E-state index contributed by atoms with van der Waals surface area (Å²) in [5.74, 6) is -0.154. The largest absolute Gasteiger partial charge is 0.469 e. The second kappa shape index (κ2) is 6.40. The zero-order valence-corrected chi connectivity index (χ0v) is 11.1. The van der Waals surface area contributed by atoms with Gasteiger partial charge in [-0.1, -0.05) is 18.2 Å². The first-order valence-corrected chi connectivity index (χ1v) is 5.85. The van der Waals surface area contributed by atoms with Crippen LogP contribution in [0.3, 0.4) is 0 Å². The molecule has 0 aliphatic heterocycles. The smallest absolute Gasteiger partial charge is 0.306 e. The molecule has 0 heterocycles. The number of carbonyl (C=O) groups is 1. The van der Waals surface area contributed by atoms with E-state index < -0.39 is 0 Å². The molecule has 0 unspecified atom stereocenters. The van der Waals surface area contributed by atoms with Gasteiger partial charge in [0.1, 0.15) is 0 Å². The number of nitrogens with zero attached hydrogens (tertiary/aromatic N) is 1. The summed E-state index contributed by atoms with van der Waals surface area (Å²) in [6.07, 6.45) is 0.442. The fraction of sp³-hybridized carbons (Fsp3) is 0.500. The standard InChI is InChI=1S/C14H21NO2/c1-11-6-5-7-12(2)13(11)10-15(3)9-8-14(16)17-4/h5-7H,8-10H2,1-4H3. The maximum Gasteiger partial charge on any atom is 0.306 e. The number of ether oxygens (including phenoxy) is 1. The first kappa shape index (κ1) is 13.7. The number of rotatable bonds is 5. The summed E-state index contributed by atoms with van der Waals surface area (Å²) in [4.78, 5) is 13.2. The fourth-order valence-electron chi connectivity index (χ4n) is 1.83. The van der Waals surface area contributed by atoms with Gasteiger partial charge >= 0.3 is 5.97 Å². The van der Waals surface area contributed by atoms with Gasteiger partial charge in [0.25, 0.3) is 0 Å². The third kappa shape index (κ3) is 4.19. The summed E-state index contributed by atoms with van der Waals surface area (Å²) in [5.41, 5.74) is 3.95. The lowest BCUT2D eigenvalue weighted by Gasteiger charge is -2.19. The predicted molar refractivity (Wildman–Crippen MR) is 68.9 cm³/mol. The highest BCUT2D eigenvalue weighted by Gasteiger charge is 2.08. The molecule has 0 aliphatic rings. The number of methoxy groups -OCH3 is 1. The van der Waals surface area contributed by atoms with E-state index in [0.717, 1.165) is 13.1 Å². The molecule has 0 fully saturated rings. The maximum atomic E-state index is 11.1. The van der Waals surface area contributed by atoms with Crippen molar-refractivity contribution in [1.82, 2.24) is 4.90 Å². The summed E-state index contributed by atoms with van der Waals surface area (Å²) in [5, 5.41) is 0. The quantitative estimate of drug-likeness (QED) is 0.733. The Labute approximate surface area is 103 Å². The minimum absolute atomic E-state index is 0.154. The van der Waals surface area contributed by atoms with Crippen LogP contribution in [0.2, 0.25) is 0 Å². The number of aryl methyl sites for hydroxylation is 2. The van der Waals surface area contributed by atoms with E-state index >= 15 is 0 Å². The SMILES string of the molecule is COC(=O)CCN(C)Cc1c(C)cccc1C. The van der Waals surface area contributed by atoms with Gasteiger partial charge in [-0.15, -0.1) is 0 Å². The van der Waals surface area contributed by atoms with E-state index in [4.69, 9.17) is 0 Å². The lowest BCUT2D eigenvalue weighted by atomic mass is 10.0. The molecule has 0 aliphatic carbocycles. The van der Waals surface area contributed by atoms with Crippen LogP contribution in [0.4, 0.5) is 0 Å². The van der Waals surface area contributed by atoms with Crippen LogP contribution in [-0.4, -0.2) is 31.6 Å². The second-order valence-electron chi connectivity index (χ2n) is 4.43. The van der Waals surface area contributed by atoms with Gasteiger partial charge in [-0.2, -0.15) is 0 Å². The van der Waals surface area contributed by atoms with Crippen LogP contribution in [-0.2, 0) is 16.1 Å². The number of hydrogen-bond donors (Lipinski definition) is 0. The Kier molecular flexibility index (Phi) is 5.16. The molecular formula is C14H21NO2. The summed E-state index contributed by atoms with van der Waals surface area (Å²) in [6.45, 7) is 5.84. The highest BCUT2D eigenvalue weighted by atomic mass is 16.5. The molecule has 0 aromatic heterocycles. The van der Waals surface area contributed by atoms with Crippen molar-refractivity contribution in [2.24, 2.45) is 0 Å². The van der Waals surface area contributed by atoms with Crippen LogP contribution in [0.25, 0.3) is 0 Å². The Morgan fingerprint density at radius 1 is 1.29 bits per heavy atom. The monoisotopic (exact) mass is 235 g/mol. The average Bonchev–Trinajstić information content (AvgIpc) is 2.31. The minimum atomic E-state index is -0.154. The first-order valence-electron chi connectivity index (χ1n) is 5.85. The molecule has 94 valence electrons. The molecule has 0 amide bonds. The van der Waals surface area contributed by atoms with E-state index in [-0.39, 0.29) is 5.97 Å². The van der Waals surface area contributed by atoms with E-state index in [1.54, 1.807) is 0 Å². The van der Waals surface area contributed by atoms with Gasteiger partial charge in [0.05, 0.1) is 13.5 Å². The lowest BCUT2D eigenvalue weighted by Crippen LogP contribution is -2.22. The molecule has 1 rings (SSSR count). The van der Waals surface area contributed by atoms with E-state index in [0.29, 0.717) is 6.42 Å². The molecule has 1 aromatic rings. The van der Waals surface area contributed by atoms with E-state index in [1.807, 2.05) is 7.05 Å². The van der Waals surface area contributed by atoms with Crippen LogP contribution in [0, 0.1) is 13.8 Å². The van der Waals surface area contributed by atoms with E-state index in [1.165, 1.54) is 23.8 Å². The van der Waals surface area contributed by atoms with Gasteiger partial charge < -0.3 is 9.64 Å². The fourth-order valence-corrected chi connectivity index (χ4v) is 1.83. The minimum Gasteiger partial charge on any atom is -0.469 e. The number of hydrogen-bond acceptors (Lipinski definition) is 3. The van der Waals surface area contributed by atoms with Gasteiger partial charge in [0.2, 0.25) is 0 Å². The zero-order chi connectivity index (χ0) is 12.8. The molecule has 0 radical (unpaired) electrons. The van der Waals surface area contributed by atoms with Crippen molar-refractivity contribution < 1.29 is 9.53 Å².